The molecule has 106 valence electrons. The van der Waals surface area contributed by atoms with E-state index in [0.717, 1.165) is 25.1 Å². The second kappa shape index (κ2) is 8.46. The predicted molar refractivity (Wildman–Crippen MR) is 84.0 cm³/mol. The number of rotatable bonds is 5. The van der Waals surface area contributed by atoms with Gasteiger partial charge in [-0.15, -0.1) is 24.2 Å². The molecule has 1 aliphatic rings. The quantitative estimate of drug-likeness (QED) is 0.877. The molecule has 1 heterocycles. The molecule has 0 aliphatic carbocycles. The Kier molecular flexibility index (Phi) is 7.28. The van der Waals surface area contributed by atoms with Crippen molar-refractivity contribution in [1.29, 1.82) is 0 Å². The second-order valence-electron chi connectivity index (χ2n) is 4.56. The normalized spacial score (nSPS) is 19.5. The highest BCUT2D eigenvalue weighted by atomic mass is 35.5. The van der Waals surface area contributed by atoms with Gasteiger partial charge in [0.25, 0.3) is 0 Å². The monoisotopic (exact) mass is 300 g/mol. The molecule has 0 spiro atoms. The molecule has 1 amide bonds. The SMILES string of the molecule is CSC(C(=O)NCC1CCCN1)c1ccccc1.Cl. The van der Waals surface area contributed by atoms with Crippen LogP contribution in [0.15, 0.2) is 30.3 Å². The van der Waals surface area contributed by atoms with Crippen molar-refractivity contribution >= 4 is 30.1 Å². The Morgan fingerprint density at radius 2 is 2.21 bits per heavy atom. The fraction of sp³-hybridized carbons (Fsp3) is 0.500. The number of thioether (sulfide) groups is 1. The van der Waals surface area contributed by atoms with E-state index in [1.807, 2.05) is 36.6 Å². The van der Waals surface area contributed by atoms with Gasteiger partial charge in [-0.1, -0.05) is 30.3 Å². The van der Waals surface area contributed by atoms with E-state index in [0.29, 0.717) is 6.04 Å². The Morgan fingerprint density at radius 1 is 1.47 bits per heavy atom. The molecule has 2 unspecified atom stereocenters. The van der Waals surface area contributed by atoms with Crippen LogP contribution in [0.2, 0.25) is 0 Å². The Bertz CT molecular complexity index is 382. The minimum absolute atomic E-state index is 0. The molecular weight excluding hydrogens is 280 g/mol. The van der Waals surface area contributed by atoms with Gasteiger partial charge in [0.05, 0.1) is 0 Å². The summed E-state index contributed by atoms with van der Waals surface area (Å²) in [5.41, 5.74) is 1.07. The molecule has 1 fully saturated rings. The van der Waals surface area contributed by atoms with Crippen molar-refractivity contribution < 1.29 is 4.79 Å². The summed E-state index contributed by atoms with van der Waals surface area (Å²) < 4.78 is 0. The first-order valence-electron chi connectivity index (χ1n) is 6.40. The zero-order valence-corrected chi connectivity index (χ0v) is 12.7. The number of carbonyl (C=O) groups excluding carboxylic acids is 1. The highest BCUT2D eigenvalue weighted by molar-refractivity contribution is 7.99. The fourth-order valence-electron chi connectivity index (χ4n) is 2.27. The Morgan fingerprint density at radius 3 is 2.79 bits per heavy atom. The van der Waals surface area contributed by atoms with Crippen LogP contribution in [0, 0.1) is 0 Å². The number of hydrogen-bond acceptors (Lipinski definition) is 3. The first-order chi connectivity index (χ1) is 8.81. The van der Waals surface area contributed by atoms with E-state index in [-0.39, 0.29) is 23.6 Å². The second-order valence-corrected chi connectivity index (χ2v) is 5.51. The molecule has 0 aromatic heterocycles. The average Bonchev–Trinajstić information content (AvgIpc) is 2.92. The molecule has 2 rings (SSSR count). The van der Waals surface area contributed by atoms with Gasteiger partial charge in [0, 0.05) is 12.6 Å². The van der Waals surface area contributed by atoms with Crippen LogP contribution in [0.4, 0.5) is 0 Å². The molecule has 1 aromatic carbocycles. The van der Waals surface area contributed by atoms with Gasteiger partial charge in [0.2, 0.25) is 5.91 Å². The maximum absolute atomic E-state index is 12.2. The Hall–Kier alpha value is -0.710. The number of nitrogens with one attached hydrogen (secondary N) is 2. The molecule has 1 aliphatic heterocycles. The van der Waals surface area contributed by atoms with Crippen molar-refractivity contribution in [3.05, 3.63) is 35.9 Å². The van der Waals surface area contributed by atoms with E-state index in [9.17, 15) is 4.79 Å². The number of hydrogen-bond donors (Lipinski definition) is 2. The van der Waals surface area contributed by atoms with E-state index in [1.165, 1.54) is 6.42 Å². The van der Waals surface area contributed by atoms with E-state index in [2.05, 4.69) is 10.6 Å². The molecule has 0 saturated carbocycles. The smallest absolute Gasteiger partial charge is 0.237 e. The summed E-state index contributed by atoms with van der Waals surface area (Å²) in [5.74, 6) is 0.113. The molecule has 0 radical (unpaired) electrons. The number of benzene rings is 1. The minimum Gasteiger partial charge on any atom is -0.353 e. The van der Waals surface area contributed by atoms with Crippen LogP contribution in [-0.4, -0.2) is 31.3 Å². The van der Waals surface area contributed by atoms with Crippen LogP contribution >= 0.6 is 24.2 Å². The third-order valence-corrected chi connectivity index (χ3v) is 4.22. The van der Waals surface area contributed by atoms with Gasteiger partial charge < -0.3 is 10.6 Å². The maximum atomic E-state index is 12.2. The lowest BCUT2D eigenvalue weighted by Crippen LogP contribution is -2.38. The van der Waals surface area contributed by atoms with Crippen LogP contribution in [0.1, 0.15) is 23.7 Å². The molecule has 5 heteroatoms. The molecule has 3 nitrogen and oxygen atoms in total. The predicted octanol–water partition coefficient (Wildman–Crippen LogP) is 2.38. The standard InChI is InChI=1S/C14H20N2OS.ClH/c1-18-13(11-6-3-2-4-7-11)14(17)16-10-12-8-5-9-15-12;/h2-4,6-7,12-13,15H,5,8-10H2,1H3,(H,16,17);1H. The molecule has 1 aromatic rings. The summed E-state index contributed by atoms with van der Waals surface area (Å²) in [5, 5.41) is 6.33. The number of halogens is 1. The molecular formula is C14H21ClN2OS. The van der Waals surface area contributed by atoms with Crippen molar-refractivity contribution in [2.24, 2.45) is 0 Å². The van der Waals surface area contributed by atoms with Gasteiger partial charge in [0.1, 0.15) is 5.25 Å². The lowest BCUT2D eigenvalue weighted by atomic mass is 10.1. The van der Waals surface area contributed by atoms with Crippen molar-refractivity contribution in [2.45, 2.75) is 24.1 Å². The van der Waals surface area contributed by atoms with Crippen molar-refractivity contribution in [3.63, 3.8) is 0 Å². The summed E-state index contributed by atoms with van der Waals surface area (Å²) >= 11 is 1.58. The Balaban J connectivity index is 0.00000180. The van der Waals surface area contributed by atoms with Crippen LogP contribution in [0.25, 0.3) is 0 Å². The van der Waals surface area contributed by atoms with E-state index >= 15 is 0 Å². The molecule has 1 saturated heterocycles. The molecule has 2 N–H and O–H groups in total. The summed E-state index contributed by atoms with van der Waals surface area (Å²) in [4.78, 5) is 12.2. The highest BCUT2D eigenvalue weighted by Gasteiger charge is 2.21. The van der Waals surface area contributed by atoms with E-state index < -0.39 is 0 Å². The number of carbonyl (C=O) groups is 1. The third kappa shape index (κ3) is 4.71. The average molecular weight is 301 g/mol. The summed E-state index contributed by atoms with van der Waals surface area (Å²) in [6.45, 7) is 1.81. The van der Waals surface area contributed by atoms with Crippen LogP contribution in [-0.2, 0) is 4.79 Å². The first-order valence-corrected chi connectivity index (χ1v) is 7.69. The summed E-state index contributed by atoms with van der Waals surface area (Å²) in [7, 11) is 0. The van der Waals surface area contributed by atoms with Crippen molar-refractivity contribution in [3.8, 4) is 0 Å². The molecule has 19 heavy (non-hydrogen) atoms. The van der Waals surface area contributed by atoms with Gasteiger partial charge in [0.15, 0.2) is 0 Å². The highest BCUT2D eigenvalue weighted by Crippen LogP contribution is 2.26. The lowest BCUT2D eigenvalue weighted by molar-refractivity contribution is -0.120. The van der Waals surface area contributed by atoms with Crippen molar-refractivity contribution in [1.82, 2.24) is 10.6 Å². The summed E-state index contributed by atoms with van der Waals surface area (Å²) in [6, 6.07) is 10.4. The Labute approximate surface area is 125 Å². The van der Waals surface area contributed by atoms with Gasteiger partial charge >= 0.3 is 0 Å². The first kappa shape index (κ1) is 16.3. The van der Waals surface area contributed by atoms with Crippen LogP contribution in [0.5, 0.6) is 0 Å². The topological polar surface area (TPSA) is 41.1 Å². The van der Waals surface area contributed by atoms with Gasteiger partial charge in [-0.05, 0) is 31.2 Å². The number of amides is 1. The van der Waals surface area contributed by atoms with E-state index in [1.54, 1.807) is 11.8 Å². The lowest BCUT2D eigenvalue weighted by Gasteiger charge is -2.17. The van der Waals surface area contributed by atoms with Crippen LogP contribution < -0.4 is 10.6 Å². The van der Waals surface area contributed by atoms with Gasteiger partial charge in [-0.2, -0.15) is 0 Å². The zero-order chi connectivity index (χ0) is 12.8. The summed E-state index contributed by atoms with van der Waals surface area (Å²) in [6.07, 6.45) is 4.35. The minimum atomic E-state index is -0.104. The van der Waals surface area contributed by atoms with Gasteiger partial charge in [-0.25, -0.2) is 0 Å². The molecule has 2 atom stereocenters. The molecule has 0 bridgehead atoms. The largest absolute Gasteiger partial charge is 0.353 e. The fourth-order valence-corrected chi connectivity index (χ4v) is 3.00. The zero-order valence-electron chi connectivity index (χ0n) is 11.1. The van der Waals surface area contributed by atoms with E-state index in [4.69, 9.17) is 0 Å². The van der Waals surface area contributed by atoms with Crippen molar-refractivity contribution in [2.75, 3.05) is 19.3 Å². The third-order valence-electron chi connectivity index (χ3n) is 3.26. The van der Waals surface area contributed by atoms with Crippen LogP contribution in [0.3, 0.4) is 0 Å². The maximum Gasteiger partial charge on any atom is 0.237 e. The van der Waals surface area contributed by atoms with Gasteiger partial charge in [-0.3, -0.25) is 4.79 Å².